The third-order valence-electron chi connectivity index (χ3n) is 2.44. The normalized spacial score (nSPS) is 10.4. The molecule has 2 aromatic rings. The quantitative estimate of drug-likeness (QED) is 0.790. The topological polar surface area (TPSA) is 43.1 Å². The Kier molecular flexibility index (Phi) is 2.92. The number of aromatic nitrogens is 1. The number of hydrogen-bond donors (Lipinski definition) is 0. The molecular formula is C12H10BrNO2. The van der Waals surface area contributed by atoms with E-state index in [0.29, 0.717) is 15.9 Å². The van der Waals surface area contributed by atoms with E-state index in [4.69, 9.17) is 4.52 Å². The van der Waals surface area contributed by atoms with Gasteiger partial charge in [-0.2, -0.15) is 0 Å². The average molecular weight is 280 g/mol. The lowest BCUT2D eigenvalue weighted by Gasteiger charge is -2.03. The Labute approximate surface area is 102 Å². The molecular weight excluding hydrogens is 270 g/mol. The third kappa shape index (κ3) is 1.80. The van der Waals surface area contributed by atoms with Crippen molar-refractivity contribution >= 4 is 22.2 Å². The predicted octanol–water partition coefficient (Wildman–Crippen LogP) is 3.53. The van der Waals surface area contributed by atoms with Gasteiger partial charge in [-0.15, -0.1) is 0 Å². The van der Waals surface area contributed by atoms with E-state index < -0.39 is 0 Å². The number of carbonyl (C=O) groups excluding carboxylic acids is 1. The number of aryl methyl sites for hydroxylation is 2. The number of halogens is 1. The van der Waals surface area contributed by atoms with E-state index in [1.54, 1.807) is 0 Å². The van der Waals surface area contributed by atoms with Gasteiger partial charge in [-0.1, -0.05) is 28.9 Å². The van der Waals surface area contributed by atoms with Gasteiger partial charge >= 0.3 is 0 Å². The SMILES string of the molecule is Cc1ccc(-c2noc(Br)c2C=O)c(C)c1. The van der Waals surface area contributed by atoms with Gasteiger partial charge in [0, 0.05) is 5.56 Å². The summed E-state index contributed by atoms with van der Waals surface area (Å²) in [7, 11) is 0. The number of nitrogens with zero attached hydrogens (tertiary/aromatic N) is 1. The smallest absolute Gasteiger partial charge is 0.213 e. The Balaban J connectivity index is 2.63. The van der Waals surface area contributed by atoms with Gasteiger partial charge < -0.3 is 4.52 Å². The zero-order chi connectivity index (χ0) is 11.7. The molecule has 0 N–H and O–H groups in total. The van der Waals surface area contributed by atoms with E-state index in [9.17, 15) is 4.79 Å². The highest BCUT2D eigenvalue weighted by molar-refractivity contribution is 9.10. The number of carbonyl (C=O) groups is 1. The zero-order valence-electron chi connectivity index (χ0n) is 8.95. The zero-order valence-corrected chi connectivity index (χ0v) is 10.5. The first-order valence-electron chi connectivity index (χ1n) is 4.81. The minimum absolute atomic E-state index is 0.373. The fourth-order valence-electron chi connectivity index (χ4n) is 1.65. The van der Waals surface area contributed by atoms with Crippen molar-refractivity contribution in [3.8, 4) is 11.3 Å². The highest BCUT2D eigenvalue weighted by Crippen LogP contribution is 2.29. The molecule has 0 saturated carbocycles. The van der Waals surface area contributed by atoms with Crippen LogP contribution < -0.4 is 0 Å². The Bertz CT molecular complexity index is 546. The maximum atomic E-state index is 10.9. The van der Waals surface area contributed by atoms with E-state index in [2.05, 4.69) is 21.1 Å². The fourth-order valence-corrected chi connectivity index (χ4v) is 2.01. The van der Waals surface area contributed by atoms with Gasteiger partial charge in [0.2, 0.25) is 4.67 Å². The van der Waals surface area contributed by atoms with Gasteiger partial charge in [0.05, 0.1) is 5.56 Å². The summed E-state index contributed by atoms with van der Waals surface area (Å²) >= 11 is 3.15. The van der Waals surface area contributed by atoms with Crippen LogP contribution >= 0.6 is 15.9 Å². The number of rotatable bonds is 2. The van der Waals surface area contributed by atoms with Gasteiger partial charge in [-0.25, -0.2) is 0 Å². The summed E-state index contributed by atoms with van der Waals surface area (Å²) < 4.78 is 5.33. The molecule has 0 saturated heterocycles. The number of benzene rings is 1. The summed E-state index contributed by atoms with van der Waals surface area (Å²) in [5.41, 5.74) is 4.20. The van der Waals surface area contributed by atoms with Crippen LogP contribution in [0.3, 0.4) is 0 Å². The first kappa shape index (κ1) is 11.1. The van der Waals surface area contributed by atoms with Crippen molar-refractivity contribution in [2.45, 2.75) is 13.8 Å². The number of aldehydes is 1. The van der Waals surface area contributed by atoms with Crippen LogP contribution in [-0.4, -0.2) is 11.4 Å². The van der Waals surface area contributed by atoms with Crippen molar-refractivity contribution in [2.75, 3.05) is 0 Å². The molecule has 0 spiro atoms. The molecule has 1 heterocycles. The molecule has 0 radical (unpaired) electrons. The molecule has 0 aliphatic carbocycles. The molecule has 3 nitrogen and oxygen atoms in total. The van der Waals surface area contributed by atoms with E-state index in [1.807, 2.05) is 32.0 Å². The standard InChI is InChI=1S/C12H10BrNO2/c1-7-3-4-9(8(2)5-7)11-10(6-15)12(13)16-14-11/h3-6H,1-2H3. The maximum Gasteiger partial charge on any atom is 0.213 e. The molecule has 1 aromatic carbocycles. The second-order valence-corrected chi connectivity index (χ2v) is 4.38. The van der Waals surface area contributed by atoms with Crippen LogP contribution in [0.4, 0.5) is 0 Å². The maximum absolute atomic E-state index is 10.9. The molecule has 2 rings (SSSR count). The van der Waals surface area contributed by atoms with Crippen molar-refractivity contribution in [3.05, 3.63) is 39.6 Å². The van der Waals surface area contributed by atoms with Crippen LogP contribution in [0.5, 0.6) is 0 Å². The van der Waals surface area contributed by atoms with Crippen LogP contribution in [-0.2, 0) is 0 Å². The van der Waals surface area contributed by atoms with Crippen LogP contribution in [0, 0.1) is 13.8 Å². The largest absolute Gasteiger partial charge is 0.348 e. The van der Waals surface area contributed by atoms with Gasteiger partial charge in [0.1, 0.15) is 5.69 Å². The van der Waals surface area contributed by atoms with E-state index >= 15 is 0 Å². The minimum Gasteiger partial charge on any atom is -0.348 e. The van der Waals surface area contributed by atoms with Crippen LogP contribution in [0.1, 0.15) is 21.5 Å². The summed E-state index contributed by atoms with van der Waals surface area (Å²) in [6.45, 7) is 4.01. The van der Waals surface area contributed by atoms with Crippen molar-refractivity contribution in [3.63, 3.8) is 0 Å². The molecule has 1 aromatic heterocycles. The van der Waals surface area contributed by atoms with E-state index in [1.165, 1.54) is 5.56 Å². The van der Waals surface area contributed by atoms with E-state index in [-0.39, 0.29) is 0 Å². The summed E-state index contributed by atoms with van der Waals surface area (Å²) in [5, 5.41) is 3.89. The van der Waals surface area contributed by atoms with E-state index in [0.717, 1.165) is 17.4 Å². The van der Waals surface area contributed by atoms with Gasteiger partial charge in [0.25, 0.3) is 0 Å². The van der Waals surface area contributed by atoms with Crippen LogP contribution in [0.25, 0.3) is 11.3 Å². The lowest BCUT2D eigenvalue weighted by molar-refractivity contribution is 0.112. The number of hydrogen-bond acceptors (Lipinski definition) is 3. The molecule has 0 unspecified atom stereocenters. The van der Waals surface area contributed by atoms with Gasteiger partial charge in [0.15, 0.2) is 6.29 Å². The first-order valence-corrected chi connectivity index (χ1v) is 5.60. The van der Waals surface area contributed by atoms with Crippen molar-refractivity contribution in [1.29, 1.82) is 0 Å². The van der Waals surface area contributed by atoms with Crippen LogP contribution in [0.15, 0.2) is 27.4 Å². The molecule has 0 bridgehead atoms. The molecule has 16 heavy (non-hydrogen) atoms. The summed E-state index contributed by atoms with van der Waals surface area (Å²) in [4.78, 5) is 10.9. The highest BCUT2D eigenvalue weighted by Gasteiger charge is 2.16. The molecule has 0 aliphatic rings. The molecule has 0 atom stereocenters. The van der Waals surface area contributed by atoms with Gasteiger partial charge in [-0.05, 0) is 35.3 Å². The van der Waals surface area contributed by atoms with Crippen molar-refractivity contribution < 1.29 is 9.32 Å². The highest BCUT2D eigenvalue weighted by atomic mass is 79.9. The summed E-state index contributed by atoms with van der Waals surface area (Å²) in [5.74, 6) is 0. The van der Waals surface area contributed by atoms with Crippen LogP contribution in [0.2, 0.25) is 0 Å². The van der Waals surface area contributed by atoms with Crippen molar-refractivity contribution in [2.24, 2.45) is 0 Å². The minimum atomic E-state index is 0.373. The fraction of sp³-hybridized carbons (Fsp3) is 0.167. The Morgan fingerprint density at radius 3 is 2.75 bits per heavy atom. The molecule has 0 aliphatic heterocycles. The summed E-state index contributed by atoms with van der Waals surface area (Å²) in [6.07, 6.45) is 0.745. The molecule has 4 heteroatoms. The Morgan fingerprint density at radius 2 is 2.12 bits per heavy atom. The van der Waals surface area contributed by atoms with Gasteiger partial charge in [-0.3, -0.25) is 4.79 Å². The first-order chi connectivity index (χ1) is 7.63. The third-order valence-corrected chi connectivity index (χ3v) is 3.01. The molecule has 0 amide bonds. The lowest BCUT2D eigenvalue weighted by atomic mass is 10.0. The lowest BCUT2D eigenvalue weighted by Crippen LogP contribution is -1.89. The second-order valence-electron chi connectivity index (χ2n) is 3.65. The Hall–Kier alpha value is -1.42. The molecule has 82 valence electrons. The Morgan fingerprint density at radius 1 is 1.38 bits per heavy atom. The monoisotopic (exact) mass is 279 g/mol. The second kappa shape index (κ2) is 4.22. The van der Waals surface area contributed by atoms with Crippen molar-refractivity contribution in [1.82, 2.24) is 5.16 Å². The predicted molar refractivity (Wildman–Crippen MR) is 64.5 cm³/mol. The average Bonchev–Trinajstić information content (AvgIpc) is 2.59. The summed E-state index contributed by atoms with van der Waals surface area (Å²) in [6, 6.07) is 5.98. The molecule has 0 fully saturated rings.